The van der Waals surface area contributed by atoms with Crippen molar-refractivity contribution in [1.29, 1.82) is 0 Å². The number of carbonyl (C=O) groups is 2. The lowest BCUT2D eigenvalue weighted by molar-refractivity contribution is -0.123. The lowest BCUT2D eigenvalue weighted by atomic mass is 10.2. The average Bonchev–Trinajstić information content (AvgIpc) is 3.01. The molecule has 3 aromatic rings. The number of para-hydroxylation sites is 1. The van der Waals surface area contributed by atoms with E-state index in [2.05, 4.69) is 21.2 Å². The Hall–Kier alpha value is -2.60. The number of amides is 1. The van der Waals surface area contributed by atoms with E-state index in [0.29, 0.717) is 11.3 Å². The zero-order valence-corrected chi connectivity index (χ0v) is 14.4. The van der Waals surface area contributed by atoms with E-state index in [-0.39, 0.29) is 5.76 Å². The van der Waals surface area contributed by atoms with Gasteiger partial charge in [-0.2, -0.15) is 0 Å². The Bertz CT molecular complexity index is 852. The van der Waals surface area contributed by atoms with E-state index in [9.17, 15) is 9.59 Å². The summed E-state index contributed by atoms with van der Waals surface area (Å²) in [6, 6.07) is 16.0. The number of furan rings is 1. The topological polar surface area (TPSA) is 68.5 Å². The van der Waals surface area contributed by atoms with Gasteiger partial charge in [0.1, 0.15) is 5.58 Å². The molecule has 0 saturated carbocycles. The molecule has 1 aromatic heterocycles. The number of carbonyl (C=O) groups excluding carboxylic acids is 2. The Kier molecular flexibility index (Phi) is 4.66. The maximum absolute atomic E-state index is 12.1. The van der Waals surface area contributed by atoms with Crippen LogP contribution in [0, 0.1) is 0 Å². The molecule has 0 unspecified atom stereocenters. The van der Waals surface area contributed by atoms with E-state index >= 15 is 0 Å². The number of benzene rings is 2. The Balaban J connectivity index is 1.64. The van der Waals surface area contributed by atoms with E-state index < -0.39 is 18.0 Å². The summed E-state index contributed by atoms with van der Waals surface area (Å²) in [5.41, 5.74) is 1.21. The molecule has 0 bridgehead atoms. The molecular weight excluding hydrogens is 374 g/mol. The molecule has 1 heterocycles. The molecular formula is C18H14BrNO4. The van der Waals surface area contributed by atoms with E-state index in [1.807, 2.05) is 18.2 Å². The van der Waals surface area contributed by atoms with Crippen LogP contribution in [0.5, 0.6) is 0 Å². The van der Waals surface area contributed by atoms with E-state index in [4.69, 9.17) is 9.15 Å². The highest BCUT2D eigenvalue weighted by atomic mass is 79.9. The van der Waals surface area contributed by atoms with Gasteiger partial charge < -0.3 is 14.5 Å². The quantitative estimate of drug-likeness (QED) is 0.674. The zero-order valence-electron chi connectivity index (χ0n) is 12.8. The van der Waals surface area contributed by atoms with E-state index in [1.165, 1.54) is 6.92 Å². The molecule has 5 nitrogen and oxygen atoms in total. The summed E-state index contributed by atoms with van der Waals surface area (Å²) in [6.07, 6.45) is -0.950. The molecule has 0 aliphatic heterocycles. The number of anilines is 1. The van der Waals surface area contributed by atoms with Crippen LogP contribution in [0.2, 0.25) is 0 Å². The number of esters is 1. The molecule has 1 amide bonds. The first-order valence-corrected chi connectivity index (χ1v) is 8.08. The molecule has 0 saturated heterocycles. The molecule has 0 aliphatic carbocycles. The van der Waals surface area contributed by atoms with Gasteiger partial charge in [0.15, 0.2) is 6.10 Å². The summed E-state index contributed by atoms with van der Waals surface area (Å²) in [5.74, 6) is -1.02. The number of rotatable bonds is 4. The Morgan fingerprint density at radius 3 is 2.54 bits per heavy atom. The van der Waals surface area contributed by atoms with Crippen LogP contribution in [-0.4, -0.2) is 18.0 Å². The molecule has 3 rings (SSSR count). The third-order valence-electron chi connectivity index (χ3n) is 3.39. The number of hydrogen-bond acceptors (Lipinski definition) is 4. The van der Waals surface area contributed by atoms with Gasteiger partial charge in [0.05, 0.1) is 0 Å². The first kappa shape index (κ1) is 16.3. The fourth-order valence-corrected chi connectivity index (χ4v) is 2.40. The summed E-state index contributed by atoms with van der Waals surface area (Å²) in [5, 5.41) is 3.49. The molecule has 1 atom stereocenters. The average molecular weight is 388 g/mol. The standard InChI is InChI=1S/C18H14BrNO4/c1-11(17(21)20-14-8-6-13(19)7-9-14)23-18(22)16-10-12-4-2-3-5-15(12)24-16/h2-11H,1H3,(H,20,21)/t11-/m1/s1. The van der Waals surface area contributed by atoms with Gasteiger partial charge >= 0.3 is 5.97 Å². The van der Waals surface area contributed by atoms with Crippen molar-refractivity contribution in [3.63, 3.8) is 0 Å². The number of nitrogens with one attached hydrogen (secondary N) is 1. The number of fused-ring (bicyclic) bond motifs is 1. The second-order valence-electron chi connectivity index (χ2n) is 5.19. The first-order chi connectivity index (χ1) is 11.5. The largest absolute Gasteiger partial charge is 0.449 e. The second-order valence-corrected chi connectivity index (χ2v) is 6.11. The van der Waals surface area contributed by atoms with Crippen LogP contribution in [-0.2, 0) is 9.53 Å². The van der Waals surface area contributed by atoms with Gasteiger partial charge in [0.25, 0.3) is 5.91 Å². The van der Waals surface area contributed by atoms with Crippen LogP contribution in [0.1, 0.15) is 17.5 Å². The summed E-state index contributed by atoms with van der Waals surface area (Å²) in [4.78, 5) is 24.2. The predicted molar refractivity (Wildman–Crippen MR) is 93.9 cm³/mol. The minimum atomic E-state index is -0.950. The van der Waals surface area contributed by atoms with Crippen molar-refractivity contribution in [3.05, 3.63) is 64.8 Å². The van der Waals surface area contributed by atoms with Gasteiger partial charge in [-0.15, -0.1) is 0 Å². The Morgan fingerprint density at radius 2 is 1.83 bits per heavy atom. The molecule has 6 heteroatoms. The van der Waals surface area contributed by atoms with Crippen molar-refractivity contribution in [1.82, 2.24) is 0 Å². The number of ether oxygens (including phenoxy) is 1. The maximum atomic E-state index is 12.1. The zero-order chi connectivity index (χ0) is 17.1. The van der Waals surface area contributed by atoms with Crippen LogP contribution in [0.4, 0.5) is 5.69 Å². The Labute approximate surface area is 146 Å². The summed E-state index contributed by atoms with van der Waals surface area (Å²) in [7, 11) is 0. The highest BCUT2D eigenvalue weighted by molar-refractivity contribution is 9.10. The van der Waals surface area contributed by atoms with Gasteiger partial charge in [0, 0.05) is 15.5 Å². The Morgan fingerprint density at radius 1 is 1.12 bits per heavy atom. The fourth-order valence-electron chi connectivity index (χ4n) is 2.13. The summed E-state index contributed by atoms with van der Waals surface area (Å²) >= 11 is 3.32. The van der Waals surface area contributed by atoms with Gasteiger partial charge in [-0.3, -0.25) is 4.79 Å². The van der Waals surface area contributed by atoms with Gasteiger partial charge in [-0.05, 0) is 43.3 Å². The molecule has 1 N–H and O–H groups in total. The van der Waals surface area contributed by atoms with E-state index in [0.717, 1.165) is 9.86 Å². The van der Waals surface area contributed by atoms with Crippen LogP contribution in [0.25, 0.3) is 11.0 Å². The lowest BCUT2D eigenvalue weighted by Crippen LogP contribution is -2.29. The molecule has 0 fully saturated rings. The summed E-state index contributed by atoms with van der Waals surface area (Å²) < 4.78 is 11.5. The van der Waals surface area contributed by atoms with E-state index in [1.54, 1.807) is 36.4 Å². The lowest BCUT2D eigenvalue weighted by Gasteiger charge is -2.12. The smallest absolute Gasteiger partial charge is 0.375 e. The SMILES string of the molecule is C[C@@H](OC(=O)c1cc2ccccc2o1)C(=O)Nc1ccc(Br)cc1. The van der Waals surface area contributed by atoms with Crippen molar-refractivity contribution >= 4 is 44.5 Å². The van der Waals surface area contributed by atoms with Crippen molar-refractivity contribution in [2.24, 2.45) is 0 Å². The monoisotopic (exact) mass is 387 g/mol. The third kappa shape index (κ3) is 3.65. The van der Waals surface area contributed by atoms with Gasteiger partial charge in [0.2, 0.25) is 5.76 Å². The predicted octanol–water partition coefficient (Wildman–Crippen LogP) is 4.38. The maximum Gasteiger partial charge on any atom is 0.375 e. The number of hydrogen-bond donors (Lipinski definition) is 1. The summed E-state index contributed by atoms with van der Waals surface area (Å²) in [6.45, 7) is 1.51. The van der Waals surface area contributed by atoms with Crippen molar-refractivity contribution < 1.29 is 18.7 Å². The van der Waals surface area contributed by atoms with Crippen LogP contribution < -0.4 is 5.32 Å². The van der Waals surface area contributed by atoms with Crippen LogP contribution in [0.15, 0.2) is 63.5 Å². The molecule has 0 aliphatic rings. The normalized spacial score (nSPS) is 11.9. The van der Waals surface area contributed by atoms with Crippen molar-refractivity contribution in [3.8, 4) is 0 Å². The van der Waals surface area contributed by atoms with Gasteiger partial charge in [-0.1, -0.05) is 34.1 Å². The molecule has 0 spiro atoms. The second kappa shape index (κ2) is 6.88. The van der Waals surface area contributed by atoms with Crippen LogP contribution >= 0.6 is 15.9 Å². The van der Waals surface area contributed by atoms with Gasteiger partial charge in [-0.25, -0.2) is 4.79 Å². The number of halogens is 1. The minimum Gasteiger partial charge on any atom is -0.449 e. The molecule has 0 radical (unpaired) electrons. The fraction of sp³-hybridized carbons (Fsp3) is 0.111. The highest BCUT2D eigenvalue weighted by Crippen LogP contribution is 2.20. The van der Waals surface area contributed by atoms with Crippen molar-refractivity contribution in [2.45, 2.75) is 13.0 Å². The molecule has 24 heavy (non-hydrogen) atoms. The first-order valence-electron chi connectivity index (χ1n) is 7.29. The van der Waals surface area contributed by atoms with Crippen LogP contribution in [0.3, 0.4) is 0 Å². The highest BCUT2D eigenvalue weighted by Gasteiger charge is 2.21. The third-order valence-corrected chi connectivity index (χ3v) is 3.92. The van der Waals surface area contributed by atoms with Crippen molar-refractivity contribution in [2.75, 3.05) is 5.32 Å². The molecule has 2 aromatic carbocycles. The molecule has 122 valence electrons. The minimum absolute atomic E-state index is 0.0690.